The second-order valence-corrected chi connectivity index (χ2v) is 6.98. The van der Waals surface area contributed by atoms with Gasteiger partial charge < -0.3 is 9.84 Å². The Morgan fingerprint density at radius 3 is 2.77 bits per heavy atom. The molecule has 1 N–H and O–H groups in total. The van der Waals surface area contributed by atoms with Crippen LogP contribution >= 0.6 is 11.3 Å². The van der Waals surface area contributed by atoms with Crippen molar-refractivity contribution in [2.75, 3.05) is 5.32 Å². The van der Waals surface area contributed by atoms with Gasteiger partial charge >= 0.3 is 0 Å². The number of nitrogens with zero attached hydrogens (tertiary/aromatic N) is 2. The van der Waals surface area contributed by atoms with E-state index in [1.165, 1.54) is 23.5 Å². The molecule has 2 aromatic heterocycles. The number of carbonyl (C=O) groups is 1. The quantitative estimate of drug-likeness (QED) is 0.573. The van der Waals surface area contributed by atoms with E-state index in [0.29, 0.717) is 16.4 Å². The van der Waals surface area contributed by atoms with Crippen LogP contribution in [0.4, 0.5) is 9.52 Å². The van der Waals surface area contributed by atoms with Crippen molar-refractivity contribution < 1.29 is 13.7 Å². The summed E-state index contributed by atoms with van der Waals surface area (Å²) in [7, 11) is 0. The maximum absolute atomic E-state index is 13.1. The molecule has 4 rings (SSSR count). The number of rotatable bonds is 4. The smallest absolute Gasteiger partial charge is 0.232 e. The van der Waals surface area contributed by atoms with E-state index in [-0.39, 0.29) is 18.1 Å². The molecular formula is C19H14FN3O2S. The number of halogens is 1. The maximum Gasteiger partial charge on any atom is 0.232 e. The van der Waals surface area contributed by atoms with Crippen LogP contribution in [0.25, 0.3) is 22.2 Å². The third-order valence-corrected chi connectivity index (χ3v) is 4.83. The van der Waals surface area contributed by atoms with Crippen molar-refractivity contribution >= 4 is 33.3 Å². The van der Waals surface area contributed by atoms with E-state index in [0.717, 1.165) is 21.5 Å². The zero-order chi connectivity index (χ0) is 18.1. The summed E-state index contributed by atoms with van der Waals surface area (Å²) in [5, 5.41) is 8.09. The van der Waals surface area contributed by atoms with Crippen LogP contribution in [-0.2, 0) is 11.2 Å². The fourth-order valence-corrected chi connectivity index (χ4v) is 3.56. The van der Waals surface area contributed by atoms with Crippen LogP contribution in [0.1, 0.15) is 10.6 Å². The van der Waals surface area contributed by atoms with Crippen molar-refractivity contribution in [2.24, 2.45) is 0 Å². The van der Waals surface area contributed by atoms with E-state index in [2.05, 4.69) is 15.5 Å². The van der Waals surface area contributed by atoms with Crippen LogP contribution in [0, 0.1) is 12.7 Å². The molecular weight excluding hydrogens is 353 g/mol. The van der Waals surface area contributed by atoms with E-state index in [1.54, 1.807) is 12.1 Å². The normalized spacial score (nSPS) is 11.0. The minimum atomic E-state index is -0.296. The largest absolute Gasteiger partial charge is 0.356 e. The Balaban J connectivity index is 1.51. The molecule has 0 spiro atoms. The Hall–Kier alpha value is -3.06. The fourth-order valence-electron chi connectivity index (χ4n) is 2.71. The first-order valence-electron chi connectivity index (χ1n) is 7.96. The third kappa shape index (κ3) is 3.21. The molecule has 26 heavy (non-hydrogen) atoms. The second-order valence-electron chi connectivity index (χ2n) is 5.78. The fraction of sp³-hybridized carbons (Fsp3) is 0.105. The van der Waals surface area contributed by atoms with Crippen LogP contribution in [0.3, 0.4) is 0 Å². The lowest BCUT2D eigenvalue weighted by Gasteiger charge is -2.00. The molecule has 0 bridgehead atoms. The minimum Gasteiger partial charge on any atom is -0.356 e. The highest BCUT2D eigenvalue weighted by molar-refractivity contribution is 7.16. The highest BCUT2D eigenvalue weighted by atomic mass is 32.1. The SMILES string of the molecule is Cc1sc(NC(=O)Cc2noc3ccccc23)nc1-c1ccc(F)cc1. The van der Waals surface area contributed by atoms with Crippen LogP contribution in [-0.4, -0.2) is 16.0 Å². The summed E-state index contributed by atoms with van der Waals surface area (Å²) >= 11 is 1.38. The summed E-state index contributed by atoms with van der Waals surface area (Å²) < 4.78 is 18.3. The Bertz CT molecular complexity index is 1090. The van der Waals surface area contributed by atoms with Crippen LogP contribution in [0.5, 0.6) is 0 Å². The van der Waals surface area contributed by atoms with Gasteiger partial charge in [-0.3, -0.25) is 4.79 Å². The molecule has 0 unspecified atom stereocenters. The van der Waals surface area contributed by atoms with Gasteiger partial charge in [-0.2, -0.15) is 0 Å². The van der Waals surface area contributed by atoms with Crippen molar-refractivity contribution in [2.45, 2.75) is 13.3 Å². The van der Waals surface area contributed by atoms with Gasteiger partial charge in [0.15, 0.2) is 10.7 Å². The molecule has 0 aliphatic heterocycles. The Labute approximate surface area is 152 Å². The zero-order valence-corrected chi connectivity index (χ0v) is 14.6. The molecule has 5 nitrogen and oxygen atoms in total. The number of amides is 1. The number of aromatic nitrogens is 2. The van der Waals surface area contributed by atoms with Crippen molar-refractivity contribution in [1.82, 2.24) is 10.1 Å². The van der Waals surface area contributed by atoms with Crippen LogP contribution < -0.4 is 5.32 Å². The number of hydrogen-bond donors (Lipinski definition) is 1. The van der Waals surface area contributed by atoms with Gasteiger partial charge in [-0.25, -0.2) is 9.37 Å². The summed E-state index contributed by atoms with van der Waals surface area (Å²) in [4.78, 5) is 17.8. The van der Waals surface area contributed by atoms with Crippen molar-refractivity contribution in [3.8, 4) is 11.3 Å². The maximum atomic E-state index is 13.1. The number of benzene rings is 2. The lowest BCUT2D eigenvalue weighted by Crippen LogP contribution is -2.14. The summed E-state index contributed by atoms with van der Waals surface area (Å²) in [5.41, 5.74) is 2.78. The number of fused-ring (bicyclic) bond motifs is 1. The van der Waals surface area contributed by atoms with Gasteiger partial charge in [-0.15, -0.1) is 11.3 Å². The second kappa shape index (κ2) is 6.68. The molecule has 0 atom stereocenters. The van der Waals surface area contributed by atoms with Gasteiger partial charge in [0.2, 0.25) is 5.91 Å². The summed E-state index contributed by atoms with van der Waals surface area (Å²) in [6, 6.07) is 13.5. The van der Waals surface area contributed by atoms with Gasteiger partial charge in [0.1, 0.15) is 11.5 Å². The third-order valence-electron chi connectivity index (χ3n) is 3.94. The first-order chi connectivity index (χ1) is 12.6. The number of hydrogen-bond acceptors (Lipinski definition) is 5. The molecule has 7 heteroatoms. The average molecular weight is 367 g/mol. The zero-order valence-electron chi connectivity index (χ0n) is 13.8. The summed E-state index contributed by atoms with van der Waals surface area (Å²) in [6.45, 7) is 1.91. The number of thiazole rings is 1. The van der Waals surface area contributed by atoms with E-state index in [9.17, 15) is 9.18 Å². The number of aryl methyl sites for hydroxylation is 1. The number of carbonyl (C=O) groups excluding carboxylic acids is 1. The van der Waals surface area contributed by atoms with Gasteiger partial charge in [-0.05, 0) is 43.3 Å². The molecule has 0 fully saturated rings. The summed E-state index contributed by atoms with van der Waals surface area (Å²) in [5.74, 6) is -0.515. The topological polar surface area (TPSA) is 68.0 Å². The standard InChI is InChI=1S/C19H14FN3O2S/c1-11-18(12-6-8-13(20)9-7-12)22-19(26-11)21-17(24)10-15-14-4-2-3-5-16(14)25-23-15/h2-9H,10H2,1H3,(H,21,22,24). The molecule has 0 aliphatic carbocycles. The Morgan fingerprint density at radius 2 is 1.96 bits per heavy atom. The predicted octanol–water partition coefficient (Wildman–Crippen LogP) is 4.58. The van der Waals surface area contributed by atoms with Crippen molar-refractivity contribution in [3.05, 3.63) is 64.9 Å². The van der Waals surface area contributed by atoms with E-state index in [4.69, 9.17) is 4.52 Å². The minimum absolute atomic E-state index is 0.0987. The van der Waals surface area contributed by atoms with Gasteiger partial charge in [0.25, 0.3) is 0 Å². The van der Waals surface area contributed by atoms with Crippen molar-refractivity contribution in [1.29, 1.82) is 0 Å². The molecule has 2 aromatic carbocycles. The van der Waals surface area contributed by atoms with E-state index >= 15 is 0 Å². The predicted molar refractivity (Wildman–Crippen MR) is 98.6 cm³/mol. The first-order valence-corrected chi connectivity index (χ1v) is 8.78. The highest BCUT2D eigenvalue weighted by Crippen LogP contribution is 2.30. The molecule has 0 saturated carbocycles. The lowest BCUT2D eigenvalue weighted by molar-refractivity contribution is -0.115. The molecule has 4 aromatic rings. The van der Waals surface area contributed by atoms with E-state index < -0.39 is 0 Å². The first kappa shape index (κ1) is 16.4. The molecule has 0 saturated heterocycles. The number of anilines is 1. The van der Waals surface area contributed by atoms with Gasteiger partial charge in [0.05, 0.1) is 12.1 Å². The number of para-hydroxylation sites is 1. The highest BCUT2D eigenvalue weighted by Gasteiger charge is 2.15. The molecule has 130 valence electrons. The molecule has 2 heterocycles. The van der Waals surface area contributed by atoms with Crippen LogP contribution in [0.2, 0.25) is 0 Å². The molecule has 0 radical (unpaired) electrons. The summed E-state index contributed by atoms with van der Waals surface area (Å²) in [6.07, 6.45) is 0.0987. The van der Waals surface area contributed by atoms with Crippen LogP contribution in [0.15, 0.2) is 53.1 Å². The van der Waals surface area contributed by atoms with Crippen molar-refractivity contribution in [3.63, 3.8) is 0 Å². The van der Waals surface area contributed by atoms with Gasteiger partial charge in [0, 0.05) is 15.8 Å². The number of nitrogens with one attached hydrogen (secondary N) is 1. The molecule has 0 aliphatic rings. The molecule has 1 amide bonds. The Morgan fingerprint density at radius 1 is 1.19 bits per heavy atom. The van der Waals surface area contributed by atoms with E-state index in [1.807, 2.05) is 31.2 Å². The van der Waals surface area contributed by atoms with Gasteiger partial charge in [-0.1, -0.05) is 17.3 Å². The average Bonchev–Trinajstić information content (AvgIpc) is 3.19. The Kier molecular flexibility index (Phi) is 4.22. The monoisotopic (exact) mass is 367 g/mol. The lowest BCUT2D eigenvalue weighted by atomic mass is 10.1.